The summed E-state index contributed by atoms with van der Waals surface area (Å²) >= 11 is 0. The fraction of sp³-hybridized carbons (Fsp3) is 0.471. The van der Waals surface area contributed by atoms with E-state index in [4.69, 9.17) is 0 Å². The maximum atomic E-state index is 12.3. The van der Waals surface area contributed by atoms with Crippen LogP contribution < -0.4 is 5.32 Å². The van der Waals surface area contributed by atoms with Crippen LogP contribution >= 0.6 is 0 Å². The predicted octanol–water partition coefficient (Wildman–Crippen LogP) is 1.45. The second kappa shape index (κ2) is 6.40. The molecule has 0 bridgehead atoms. The van der Waals surface area contributed by atoms with Crippen LogP contribution in [0.1, 0.15) is 25.6 Å². The van der Waals surface area contributed by atoms with Gasteiger partial charge >= 0.3 is 0 Å². The summed E-state index contributed by atoms with van der Waals surface area (Å²) in [7, 11) is 1.96. The molecule has 1 N–H and O–H groups in total. The van der Waals surface area contributed by atoms with Crippen LogP contribution in [0.2, 0.25) is 0 Å². The molecule has 23 heavy (non-hydrogen) atoms. The van der Waals surface area contributed by atoms with Crippen molar-refractivity contribution in [3.05, 3.63) is 30.1 Å². The molecule has 1 fully saturated rings. The Morgan fingerprint density at radius 2 is 1.96 bits per heavy atom. The van der Waals surface area contributed by atoms with Crippen LogP contribution in [0.15, 0.2) is 24.3 Å². The van der Waals surface area contributed by atoms with E-state index in [2.05, 4.69) is 10.3 Å². The molecule has 122 valence electrons. The Bertz CT molecular complexity index is 729. The van der Waals surface area contributed by atoms with Crippen molar-refractivity contribution in [1.82, 2.24) is 19.8 Å². The standard InChI is InChI=1S/C17H22N4O2/c1-12(22)21-9-7-13(8-10-21)17(23)18-11-16-19-14-5-3-4-6-15(14)20(16)2/h3-6,13H,7-11H2,1-2H3,(H,18,23). The first kappa shape index (κ1) is 15.5. The van der Waals surface area contributed by atoms with E-state index < -0.39 is 0 Å². The van der Waals surface area contributed by atoms with E-state index in [0.29, 0.717) is 19.6 Å². The molecular formula is C17H22N4O2. The van der Waals surface area contributed by atoms with Crippen LogP contribution in [0.25, 0.3) is 11.0 Å². The zero-order valence-electron chi connectivity index (χ0n) is 13.6. The number of aryl methyl sites for hydroxylation is 1. The Morgan fingerprint density at radius 1 is 1.26 bits per heavy atom. The number of imidazole rings is 1. The second-order valence-electron chi connectivity index (χ2n) is 6.07. The minimum atomic E-state index is -0.0136. The lowest BCUT2D eigenvalue weighted by Gasteiger charge is -2.30. The van der Waals surface area contributed by atoms with E-state index in [0.717, 1.165) is 29.7 Å². The molecule has 0 saturated carbocycles. The lowest BCUT2D eigenvalue weighted by Crippen LogP contribution is -2.42. The van der Waals surface area contributed by atoms with Crippen molar-refractivity contribution in [2.45, 2.75) is 26.3 Å². The maximum Gasteiger partial charge on any atom is 0.223 e. The van der Waals surface area contributed by atoms with Gasteiger partial charge < -0.3 is 14.8 Å². The smallest absolute Gasteiger partial charge is 0.223 e. The van der Waals surface area contributed by atoms with Gasteiger partial charge in [0.1, 0.15) is 5.82 Å². The van der Waals surface area contributed by atoms with Crippen molar-refractivity contribution in [2.75, 3.05) is 13.1 Å². The minimum absolute atomic E-state index is 0.0136. The van der Waals surface area contributed by atoms with E-state index in [9.17, 15) is 9.59 Å². The number of para-hydroxylation sites is 2. The average molecular weight is 314 g/mol. The quantitative estimate of drug-likeness (QED) is 0.932. The number of piperidine rings is 1. The first-order valence-corrected chi connectivity index (χ1v) is 8.00. The highest BCUT2D eigenvalue weighted by atomic mass is 16.2. The number of nitrogens with one attached hydrogen (secondary N) is 1. The highest BCUT2D eigenvalue weighted by Crippen LogP contribution is 2.18. The van der Waals surface area contributed by atoms with Gasteiger partial charge in [-0.05, 0) is 25.0 Å². The van der Waals surface area contributed by atoms with Crippen LogP contribution in [0, 0.1) is 5.92 Å². The minimum Gasteiger partial charge on any atom is -0.349 e. The summed E-state index contributed by atoms with van der Waals surface area (Å²) in [5.41, 5.74) is 2.00. The average Bonchev–Trinajstić information content (AvgIpc) is 2.89. The Balaban J connectivity index is 1.58. The number of carbonyl (C=O) groups excluding carboxylic acids is 2. The van der Waals surface area contributed by atoms with Crippen LogP contribution in [-0.4, -0.2) is 39.4 Å². The number of hydrogen-bond donors (Lipinski definition) is 1. The van der Waals surface area contributed by atoms with Gasteiger partial charge in [-0.2, -0.15) is 0 Å². The molecule has 2 aromatic rings. The number of benzene rings is 1. The molecule has 6 heteroatoms. The van der Waals surface area contributed by atoms with Crippen LogP contribution in [0.5, 0.6) is 0 Å². The zero-order valence-corrected chi connectivity index (χ0v) is 13.6. The van der Waals surface area contributed by atoms with E-state index in [1.165, 1.54) is 0 Å². The second-order valence-corrected chi connectivity index (χ2v) is 6.07. The number of carbonyl (C=O) groups is 2. The molecule has 1 aromatic heterocycles. The third kappa shape index (κ3) is 3.21. The molecule has 0 atom stereocenters. The lowest BCUT2D eigenvalue weighted by molar-refractivity contribution is -0.134. The molecule has 0 spiro atoms. The summed E-state index contributed by atoms with van der Waals surface area (Å²) in [6.07, 6.45) is 1.46. The van der Waals surface area contributed by atoms with Crippen molar-refractivity contribution in [2.24, 2.45) is 13.0 Å². The monoisotopic (exact) mass is 314 g/mol. The first-order chi connectivity index (χ1) is 11.1. The third-order valence-electron chi connectivity index (χ3n) is 4.61. The number of fused-ring (bicyclic) bond motifs is 1. The number of amides is 2. The topological polar surface area (TPSA) is 67.2 Å². The Morgan fingerprint density at radius 3 is 2.61 bits per heavy atom. The van der Waals surface area contributed by atoms with Crippen LogP contribution in [-0.2, 0) is 23.2 Å². The van der Waals surface area contributed by atoms with E-state index in [1.807, 2.05) is 35.9 Å². The molecule has 3 rings (SSSR count). The fourth-order valence-electron chi connectivity index (χ4n) is 3.12. The van der Waals surface area contributed by atoms with E-state index >= 15 is 0 Å². The molecule has 1 saturated heterocycles. The van der Waals surface area contributed by atoms with Crippen molar-refractivity contribution >= 4 is 22.8 Å². The van der Waals surface area contributed by atoms with Gasteiger partial charge in [-0.25, -0.2) is 4.98 Å². The van der Waals surface area contributed by atoms with Gasteiger partial charge in [0, 0.05) is 33.0 Å². The summed E-state index contributed by atoms with van der Waals surface area (Å²) in [6.45, 7) is 3.34. The van der Waals surface area contributed by atoms with Gasteiger partial charge in [-0.1, -0.05) is 12.1 Å². The van der Waals surface area contributed by atoms with Gasteiger partial charge in [0.2, 0.25) is 11.8 Å². The van der Waals surface area contributed by atoms with Crippen LogP contribution in [0.4, 0.5) is 0 Å². The molecule has 2 amide bonds. The predicted molar refractivity (Wildman–Crippen MR) is 87.5 cm³/mol. The summed E-state index contributed by atoms with van der Waals surface area (Å²) in [5.74, 6) is 0.977. The fourth-order valence-corrected chi connectivity index (χ4v) is 3.12. The number of likely N-dealkylation sites (tertiary alicyclic amines) is 1. The first-order valence-electron chi connectivity index (χ1n) is 8.00. The molecule has 0 aliphatic carbocycles. The highest BCUT2D eigenvalue weighted by Gasteiger charge is 2.26. The Labute approximate surface area is 135 Å². The van der Waals surface area contributed by atoms with Gasteiger partial charge in [0.05, 0.1) is 17.6 Å². The van der Waals surface area contributed by atoms with Crippen molar-refractivity contribution in [1.29, 1.82) is 0 Å². The summed E-state index contributed by atoms with van der Waals surface area (Å²) in [6, 6.07) is 7.93. The molecule has 1 aromatic carbocycles. The number of hydrogen-bond acceptors (Lipinski definition) is 3. The van der Waals surface area contributed by atoms with Gasteiger partial charge in [0.15, 0.2) is 0 Å². The van der Waals surface area contributed by atoms with E-state index in [1.54, 1.807) is 11.8 Å². The van der Waals surface area contributed by atoms with Crippen molar-refractivity contribution in [3.8, 4) is 0 Å². The Kier molecular flexibility index (Phi) is 4.32. The van der Waals surface area contributed by atoms with Gasteiger partial charge in [-0.15, -0.1) is 0 Å². The van der Waals surface area contributed by atoms with Crippen molar-refractivity contribution in [3.63, 3.8) is 0 Å². The van der Waals surface area contributed by atoms with Gasteiger partial charge in [0.25, 0.3) is 0 Å². The van der Waals surface area contributed by atoms with E-state index in [-0.39, 0.29) is 17.7 Å². The third-order valence-corrected chi connectivity index (χ3v) is 4.61. The SMILES string of the molecule is CC(=O)N1CCC(C(=O)NCc2nc3ccccc3n2C)CC1. The van der Waals surface area contributed by atoms with Crippen molar-refractivity contribution < 1.29 is 9.59 Å². The number of aromatic nitrogens is 2. The Hall–Kier alpha value is -2.37. The molecule has 0 radical (unpaired) electrons. The molecule has 1 aliphatic rings. The number of rotatable bonds is 3. The highest BCUT2D eigenvalue weighted by molar-refractivity contribution is 5.80. The molecule has 1 aliphatic heterocycles. The largest absolute Gasteiger partial charge is 0.349 e. The molecule has 0 unspecified atom stereocenters. The summed E-state index contributed by atoms with van der Waals surface area (Å²) in [5, 5.41) is 2.99. The summed E-state index contributed by atoms with van der Waals surface area (Å²) < 4.78 is 2.01. The molecular weight excluding hydrogens is 292 g/mol. The summed E-state index contributed by atoms with van der Waals surface area (Å²) in [4.78, 5) is 30.0. The zero-order chi connectivity index (χ0) is 16.4. The molecule has 2 heterocycles. The molecule has 6 nitrogen and oxygen atoms in total. The lowest BCUT2D eigenvalue weighted by atomic mass is 9.96. The number of nitrogens with zero attached hydrogens (tertiary/aromatic N) is 3. The van der Waals surface area contributed by atoms with Crippen LogP contribution in [0.3, 0.4) is 0 Å². The van der Waals surface area contributed by atoms with Gasteiger partial charge in [-0.3, -0.25) is 9.59 Å². The maximum absolute atomic E-state index is 12.3. The normalized spacial score (nSPS) is 15.8.